The molecule has 2 aromatic rings. The Balaban J connectivity index is 1.85. The molecule has 0 saturated carbocycles. The number of amides is 1. The van der Waals surface area contributed by atoms with Crippen molar-refractivity contribution >= 4 is 5.91 Å². The minimum atomic E-state index is -0.0806. The van der Waals surface area contributed by atoms with Crippen molar-refractivity contribution in [1.82, 2.24) is 19.8 Å². The predicted molar refractivity (Wildman–Crippen MR) is 94.0 cm³/mol. The minimum absolute atomic E-state index is 0.0806. The van der Waals surface area contributed by atoms with Crippen molar-refractivity contribution in [2.75, 3.05) is 47.4 Å². The molecule has 7 nitrogen and oxygen atoms in total. The van der Waals surface area contributed by atoms with Crippen molar-refractivity contribution < 1.29 is 14.3 Å². The SMILES string of the molecule is COc1ccc(-c2cncc(C(=O)N3CCN(C)CC3)n2)cc1OC. The molecule has 132 valence electrons. The van der Waals surface area contributed by atoms with E-state index in [2.05, 4.69) is 21.9 Å². The van der Waals surface area contributed by atoms with Gasteiger partial charge in [0.15, 0.2) is 11.5 Å². The molecule has 0 atom stereocenters. The number of carbonyl (C=O) groups is 1. The maximum Gasteiger partial charge on any atom is 0.274 e. The highest BCUT2D eigenvalue weighted by Gasteiger charge is 2.22. The van der Waals surface area contributed by atoms with Gasteiger partial charge in [0.05, 0.1) is 32.3 Å². The quantitative estimate of drug-likeness (QED) is 0.840. The lowest BCUT2D eigenvalue weighted by atomic mass is 10.1. The number of benzene rings is 1. The fourth-order valence-electron chi connectivity index (χ4n) is 2.78. The van der Waals surface area contributed by atoms with Gasteiger partial charge in [-0.15, -0.1) is 0 Å². The van der Waals surface area contributed by atoms with Crippen molar-refractivity contribution in [1.29, 1.82) is 0 Å². The smallest absolute Gasteiger partial charge is 0.274 e. The highest BCUT2D eigenvalue weighted by molar-refractivity contribution is 5.92. The Morgan fingerprint density at radius 1 is 1.04 bits per heavy atom. The fourth-order valence-corrected chi connectivity index (χ4v) is 2.78. The molecule has 1 fully saturated rings. The molecule has 2 heterocycles. The molecule has 1 aromatic carbocycles. The first-order valence-electron chi connectivity index (χ1n) is 8.14. The summed E-state index contributed by atoms with van der Waals surface area (Å²) in [7, 11) is 5.23. The van der Waals surface area contributed by atoms with E-state index in [9.17, 15) is 4.79 Å². The van der Waals surface area contributed by atoms with Gasteiger partial charge in [0, 0.05) is 31.7 Å². The van der Waals surface area contributed by atoms with E-state index >= 15 is 0 Å². The summed E-state index contributed by atoms with van der Waals surface area (Å²) >= 11 is 0. The summed E-state index contributed by atoms with van der Waals surface area (Å²) in [5.74, 6) is 1.17. The molecule has 3 rings (SSSR count). The van der Waals surface area contributed by atoms with Crippen molar-refractivity contribution in [3.63, 3.8) is 0 Å². The zero-order valence-corrected chi connectivity index (χ0v) is 14.7. The molecule has 25 heavy (non-hydrogen) atoms. The molecule has 0 unspecified atom stereocenters. The number of ether oxygens (including phenoxy) is 2. The molecular weight excluding hydrogens is 320 g/mol. The lowest BCUT2D eigenvalue weighted by molar-refractivity contribution is 0.0658. The predicted octanol–water partition coefficient (Wildman–Crippen LogP) is 1.55. The largest absolute Gasteiger partial charge is 0.493 e. The zero-order valence-electron chi connectivity index (χ0n) is 14.7. The normalized spacial score (nSPS) is 15.1. The molecule has 1 aromatic heterocycles. The first-order chi connectivity index (χ1) is 12.1. The average molecular weight is 342 g/mol. The van der Waals surface area contributed by atoms with Crippen LogP contribution in [0.5, 0.6) is 11.5 Å². The number of nitrogens with zero attached hydrogens (tertiary/aromatic N) is 4. The van der Waals surface area contributed by atoms with Crippen LogP contribution in [0.2, 0.25) is 0 Å². The zero-order chi connectivity index (χ0) is 17.8. The van der Waals surface area contributed by atoms with Gasteiger partial charge in [0.25, 0.3) is 5.91 Å². The van der Waals surface area contributed by atoms with Crippen LogP contribution in [0.3, 0.4) is 0 Å². The first kappa shape index (κ1) is 17.2. The first-order valence-corrected chi connectivity index (χ1v) is 8.14. The molecule has 0 spiro atoms. The van der Waals surface area contributed by atoms with Crippen molar-refractivity contribution in [3.8, 4) is 22.8 Å². The van der Waals surface area contributed by atoms with Crippen molar-refractivity contribution in [2.45, 2.75) is 0 Å². The molecule has 1 aliphatic rings. The fraction of sp³-hybridized carbons (Fsp3) is 0.389. The van der Waals surface area contributed by atoms with E-state index in [0.717, 1.165) is 18.7 Å². The van der Waals surface area contributed by atoms with Gasteiger partial charge in [-0.25, -0.2) is 4.98 Å². The van der Waals surface area contributed by atoms with E-state index < -0.39 is 0 Å². The Morgan fingerprint density at radius 3 is 2.44 bits per heavy atom. The number of piperazine rings is 1. The van der Waals surface area contributed by atoms with Crippen LogP contribution in [0.25, 0.3) is 11.3 Å². The summed E-state index contributed by atoms with van der Waals surface area (Å²) in [6.07, 6.45) is 3.16. The molecule has 0 radical (unpaired) electrons. The van der Waals surface area contributed by atoms with E-state index in [1.54, 1.807) is 20.4 Å². The van der Waals surface area contributed by atoms with E-state index in [1.807, 2.05) is 23.1 Å². The van der Waals surface area contributed by atoms with Crippen molar-refractivity contribution in [2.24, 2.45) is 0 Å². The van der Waals surface area contributed by atoms with Crippen LogP contribution < -0.4 is 9.47 Å². The number of carbonyl (C=O) groups excluding carboxylic acids is 1. The molecule has 0 N–H and O–H groups in total. The Bertz CT molecular complexity index is 758. The summed E-state index contributed by atoms with van der Waals surface area (Å²) in [6.45, 7) is 3.15. The third-order valence-electron chi connectivity index (χ3n) is 4.32. The maximum atomic E-state index is 12.7. The second-order valence-corrected chi connectivity index (χ2v) is 5.95. The van der Waals surface area contributed by atoms with Gasteiger partial charge < -0.3 is 19.3 Å². The summed E-state index contributed by atoms with van der Waals surface area (Å²) in [5, 5.41) is 0. The highest BCUT2D eigenvalue weighted by Crippen LogP contribution is 2.31. The summed E-state index contributed by atoms with van der Waals surface area (Å²) in [6, 6.07) is 5.51. The average Bonchev–Trinajstić information content (AvgIpc) is 2.67. The van der Waals surface area contributed by atoms with Crippen LogP contribution >= 0.6 is 0 Å². The van der Waals surface area contributed by atoms with Gasteiger partial charge >= 0.3 is 0 Å². The number of hydrogen-bond acceptors (Lipinski definition) is 6. The molecule has 7 heteroatoms. The van der Waals surface area contributed by atoms with E-state index in [1.165, 1.54) is 6.20 Å². The molecule has 1 saturated heterocycles. The van der Waals surface area contributed by atoms with Crippen LogP contribution in [0, 0.1) is 0 Å². The maximum absolute atomic E-state index is 12.7. The van der Waals surface area contributed by atoms with Crippen LogP contribution in [-0.2, 0) is 0 Å². The van der Waals surface area contributed by atoms with Gasteiger partial charge in [-0.2, -0.15) is 0 Å². The molecule has 0 aliphatic carbocycles. The summed E-state index contributed by atoms with van der Waals surface area (Å²) in [5.41, 5.74) is 1.80. The van der Waals surface area contributed by atoms with Gasteiger partial charge in [0.1, 0.15) is 5.69 Å². The Labute approximate surface area is 147 Å². The van der Waals surface area contributed by atoms with Gasteiger partial charge in [-0.05, 0) is 25.2 Å². The second kappa shape index (κ2) is 7.48. The number of hydrogen-bond donors (Lipinski definition) is 0. The third kappa shape index (κ3) is 3.71. The van der Waals surface area contributed by atoms with Gasteiger partial charge in [0.2, 0.25) is 0 Å². The van der Waals surface area contributed by atoms with Crippen LogP contribution in [0.15, 0.2) is 30.6 Å². The Hall–Kier alpha value is -2.67. The lowest BCUT2D eigenvalue weighted by Crippen LogP contribution is -2.47. The number of likely N-dealkylation sites (N-methyl/N-ethyl adjacent to an activating group) is 1. The Kier molecular flexibility index (Phi) is 5.14. The summed E-state index contributed by atoms with van der Waals surface area (Å²) < 4.78 is 10.6. The monoisotopic (exact) mass is 342 g/mol. The molecular formula is C18H22N4O3. The third-order valence-corrected chi connectivity index (χ3v) is 4.32. The summed E-state index contributed by atoms with van der Waals surface area (Å²) in [4.78, 5) is 25.4. The topological polar surface area (TPSA) is 67.8 Å². The molecule has 1 amide bonds. The number of rotatable bonds is 4. The van der Waals surface area contributed by atoms with E-state index in [0.29, 0.717) is 36.0 Å². The molecule has 0 bridgehead atoms. The van der Waals surface area contributed by atoms with Crippen molar-refractivity contribution in [3.05, 3.63) is 36.3 Å². The van der Waals surface area contributed by atoms with Gasteiger partial charge in [-0.3, -0.25) is 9.78 Å². The van der Waals surface area contributed by atoms with Crippen LogP contribution in [0.4, 0.5) is 0 Å². The van der Waals surface area contributed by atoms with E-state index in [-0.39, 0.29) is 5.91 Å². The van der Waals surface area contributed by atoms with Crippen LogP contribution in [0.1, 0.15) is 10.5 Å². The Morgan fingerprint density at radius 2 is 1.76 bits per heavy atom. The number of aromatic nitrogens is 2. The van der Waals surface area contributed by atoms with Crippen LogP contribution in [-0.4, -0.2) is 73.1 Å². The van der Waals surface area contributed by atoms with E-state index in [4.69, 9.17) is 9.47 Å². The lowest BCUT2D eigenvalue weighted by Gasteiger charge is -2.32. The standard InChI is InChI=1S/C18H22N4O3/c1-21-6-8-22(9-7-21)18(23)15-12-19-11-14(20-15)13-4-5-16(24-2)17(10-13)25-3/h4-5,10-12H,6-9H2,1-3H3. The number of methoxy groups -OCH3 is 2. The minimum Gasteiger partial charge on any atom is -0.493 e. The van der Waals surface area contributed by atoms with Gasteiger partial charge in [-0.1, -0.05) is 0 Å². The highest BCUT2D eigenvalue weighted by atomic mass is 16.5. The second-order valence-electron chi connectivity index (χ2n) is 5.95. The molecule has 1 aliphatic heterocycles.